The number of hydrogen-bond donors (Lipinski definition) is 1. The number of thioether (sulfide) groups is 1. The first-order chi connectivity index (χ1) is 8.27. The van der Waals surface area contributed by atoms with E-state index in [-0.39, 0.29) is 5.82 Å². The molecule has 1 N–H and O–H groups in total. The number of hydrogen-bond acceptors (Lipinski definition) is 3. The Morgan fingerprint density at radius 1 is 1.41 bits per heavy atom. The van der Waals surface area contributed by atoms with E-state index in [9.17, 15) is 4.39 Å². The first kappa shape index (κ1) is 14.3. The van der Waals surface area contributed by atoms with Gasteiger partial charge in [0.25, 0.3) is 0 Å². The summed E-state index contributed by atoms with van der Waals surface area (Å²) in [6.45, 7) is 3.46. The fraction of sp³-hybridized carbons (Fsp3) is 0.538. The Kier molecular flexibility index (Phi) is 7.05. The average Bonchev–Trinajstić information content (AvgIpc) is 2.32. The molecule has 0 aliphatic rings. The molecule has 96 valence electrons. The number of rotatable bonds is 8. The topological polar surface area (TPSA) is 21.3 Å². The maximum absolute atomic E-state index is 13.1. The van der Waals surface area contributed by atoms with Crippen LogP contribution in [0.3, 0.4) is 0 Å². The van der Waals surface area contributed by atoms with Crippen molar-refractivity contribution in [2.75, 3.05) is 25.2 Å². The van der Waals surface area contributed by atoms with E-state index in [0.717, 1.165) is 29.2 Å². The molecule has 0 amide bonds. The Morgan fingerprint density at radius 3 is 2.94 bits per heavy atom. The standard InChI is InChI=1S/C13H20FNOS/c1-3-17-8-4-7-16-13-6-5-12(14)9-11(13)10-15-2/h5-6,9,15H,3-4,7-8,10H2,1-2H3. The van der Waals surface area contributed by atoms with E-state index in [1.54, 1.807) is 6.07 Å². The summed E-state index contributed by atoms with van der Waals surface area (Å²) in [4.78, 5) is 0. The Labute approximate surface area is 107 Å². The quantitative estimate of drug-likeness (QED) is 0.723. The van der Waals surface area contributed by atoms with Crippen molar-refractivity contribution in [3.63, 3.8) is 0 Å². The van der Waals surface area contributed by atoms with Gasteiger partial charge in [0.15, 0.2) is 0 Å². The van der Waals surface area contributed by atoms with Crippen LogP contribution in [0.5, 0.6) is 5.75 Å². The summed E-state index contributed by atoms with van der Waals surface area (Å²) in [5, 5.41) is 3.01. The van der Waals surface area contributed by atoms with Crippen molar-refractivity contribution in [3.8, 4) is 5.75 Å². The molecular formula is C13H20FNOS. The molecular weight excluding hydrogens is 237 g/mol. The lowest BCUT2D eigenvalue weighted by molar-refractivity contribution is 0.314. The van der Waals surface area contributed by atoms with Gasteiger partial charge in [0.05, 0.1) is 6.61 Å². The van der Waals surface area contributed by atoms with Gasteiger partial charge in [-0.1, -0.05) is 6.92 Å². The van der Waals surface area contributed by atoms with Gasteiger partial charge in [-0.3, -0.25) is 0 Å². The molecule has 1 rings (SSSR count). The second-order valence-electron chi connectivity index (χ2n) is 3.68. The van der Waals surface area contributed by atoms with Gasteiger partial charge >= 0.3 is 0 Å². The van der Waals surface area contributed by atoms with E-state index < -0.39 is 0 Å². The molecule has 0 radical (unpaired) electrons. The number of benzene rings is 1. The lowest BCUT2D eigenvalue weighted by Gasteiger charge is -2.11. The molecule has 1 aromatic rings. The highest BCUT2D eigenvalue weighted by Crippen LogP contribution is 2.20. The third kappa shape index (κ3) is 5.41. The molecule has 0 fully saturated rings. The van der Waals surface area contributed by atoms with E-state index in [1.165, 1.54) is 12.1 Å². The number of halogens is 1. The van der Waals surface area contributed by atoms with Crippen LogP contribution in [0.4, 0.5) is 4.39 Å². The zero-order valence-electron chi connectivity index (χ0n) is 10.5. The van der Waals surface area contributed by atoms with Crippen LogP contribution in [-0.4, -0.2) is 25.2 Å². The maximum Gasteiger partial charge on any atom is 0.123 e. The van der Waals surface area contributed by atoms with Gasteiger partial charge in [-0.25, -0.2) is 4.39 Å². The SMILES string of the molecule is CCSCCCOc1ccc(F)cc1CNC. The first-order valence-corrected chi connectivity index (χ1v) is 7.07. The zero-order valence-corrected chi connectivity index (χ0v) is 11.3. The fourth-order valence-corrected chi connectivity index (χ4v) is 2.12. The Balaban J connectivity index is 2.45. The fourth-order valence-electron chi connectivity index (χ4n) is 1.50. The van der Waals surface area contributed by atoms with Crippen molar-refractivity contribution in [1.82, 2.24) is 5.32 Å². The summed E-state index contributed by atoms with van der Waals surface area (Å²) in [5.74, 6) is 2.81. The van der Waals surface area contributed by atoms with Gasteiger partial charge < -0.3 is 10.1 Å². The van der Waals surface area contributed by atoms with Crippen LogP contribution in [0.2, 0.25) is 0 Å². The second kappa shape index (κ2) is 8.37. The molecule has 0 aliphatic heterocycles. The lowest BCUT2D eigenvalue weighted by atomic mass is 10.2. The van der Waals surface area contributed by atoms with E-state index >= 15 is 0 Å². The minimum absolute atomic E-state index is 0.218. The van der Waals surface area contributed by atoms with Crippen LogP contribution in [0, 0.1) is 5.82 Å². The van der Waals surface area contributed by atoms with Crippen LogP contribution < -0.4 is 10.1 Å². The van der Waals surface area contributed by atoms with E-state index in [1.807, 2.05) is 18.8 Å². The number of nitrogens with one attached hydrogen (secondary N) is 1. The van der Waals surface area contributed by atoms with Crippen molar-refractivity contribution in [3.05, 3.63) is 29.6 Å². The summed E-state index contributed by atoms with van der Waals surface area (Å²) < 4.78 is 18.7. The molecule has 0 unspecified atom stereocenters. The highest BCUT2D eigenvalue weighted by atomic mass is 32.2. The Bertz CT molecular complexity index is 333. The molecule has 0 saturated heterocycles. The van der Waals surface area contributed by atoms with Crippen LogP contribution in [0.15, 0.2) is 18.2 Å². The highest BCUT2D eigenvalue weighted by molar-refractivity contribution is 7.99. The normalized spacial score (nSPS) is 10.5. The van der Waals surface area contributed by atoms with E-state index in [2.05, 4.69) is 12.2 Å². The summed E-state index contributed by atoms with van der Waals surface area (Å²) in [6.07, 6.45) is 1.02. The second-order valence-corrected chi connectivity index (χ2v) is 5.08. The monoisotopic (exact) mass is 257 g/mol. The maximum atomic E-state index is 13.1. The first-order valence-electron chi connectivity index (χ1n) is 5.91. The van der Waals surface area contributed by atoms with Crippen molar-refractivity contribution in [1.29, 1.82) is 0 Å². The minimum atomic E-state index is -0.218. The van der Waals surface area contributed by atoms with E-state index in [0.29, 0.717) is 13.2 Å². The predicted octanol–water partition coefficient (Wildman–Crippen LogP) is 3.07. The highest BCUT2D eigenvalue weighted by Gasteiger charge is 2.04. The minimum Gasteiger partial charge on any atom is -0.493 e. The predicted molar refractivity (Wildman–Crippen MR) is 72.3 cm³/mol. The van der Waals surface area contributed by atoms with Crippen LogP contribution >= 0.6 is 11.8 Å². The summed E-state index contributed by atoms with van der Waals surface area (Å²) in [5.41, 5.74) is 0.871. The molecule has 0 atom stereocenters. The lowest BCUT2D eigenvalue weighted by Crippen LogP contribution is -2.08. The third-order valence-corrected chi connectivity index (χ3v) is 3.27. The Morgan fingerprint density at radius 2 is 2.24 bits per heavy atom. The molecule has 0 aromatic heterocycles. The van der Waals surface area contributed by atoms with Crippen molar-refractivity contribution in [2.24, 2.45) is 0 Å². The van der Waals surface area contributed by atoms with E-state index in [4.69, 9.17) is 4.74 Å². The molecule has 2 nitrogen and oxygen atoms in total. The molecule has 1 aromatic carbocycles. The Hall–Kier alpha value is -0.740. The van der Waals surface area contributed by atoms with Gasteiger partial charge in [-0.05, 0) is 43.2 Å². The van der Waals surface area contributed by atoms with Crippen molar-refractivity contribution >= 4 is 11.8 Å². The van der Waals surface area contributed by atoms with Crippen LogP contribution in [-0.2, 0) is 6.54 Å². The van der Waals surface area contributed by atoms with Crippen molar-refractivity contribution < 1.29 is 9.13 Å². The summed E-state index contributed by atoms with van der Waals surface area (Å²) in [7, 11) is 1.84. The molecule has 0 spiro atoms. The summed E-state index contributed by atoms with van der Waals surface area (Å²) >= 11 is 1.91. The largest absolute Gasteiger partial charge is 0.493 e. The third-order valence-electron chi connectivity index (χ3n) is 2.28. The van der Waals surface area contributed by atoms with Gasteiger partial charge in [-0.2, -0.15) is 11.8 Å². The summed E-state index contributed by atoms with van der Waals surface area (Å²) in [6, 6.07) is 4.66. The molecule has 17 heavy (non-hydrogen) atoms. The van der Waals surface area contributed by atoms with Crippen LogP contribution in [0.25, 0.3) is 0 Å². The molecule has 0 bridgehead atoms. The van der Waals surface area contributed by atoms with Gasteiger partial charge in [0, 0.05) is 12.1 Å². The number of ether oxygens (including phenoxy) is 1. The van der Waals surface area contributed by atoms with Gasteiger partial charge in [-0.15, -0.1) is 0 Å². The molecule has 4 heteroatoms. The van der Waals surface area contributed by atoms with Crippen LogP contribution in [0.1, 0.15) is 18.9 Å². The van der Waals surface area contributed by atoms with Gasteiger partial charge in [0.1, 0.15) is 11.6 Å². The molecule has 0 heterocycles. The zero-order chi connectivity index (χ0) is 12.5. The molecule has 0 aliphatic carbocycles. The average molecular weight is 257 g/mol. The van der Waals surface area contributed by atoms with Crippen molar-refractivity contribution in [2.45, 2.75) is 19.9 Å². The smallest absolute Gasteiger partial charge is 0.123 e. The molecule has 0 saturated carbocycles. The van der Waals surface area contributed by atoms with Gasteiger partial charge in [0.2, 0.25) is 0 Å².